The molecular formula is C13H20N2OS. The maximum Gasteiger partial charge on any atom is 0.0870 e. The number of hydrogen-bond donors (Lipinski definition) is 2. The highest BCUT2D eigenvalue weighted by Gasteiger charge is 2.06. The molecular weight excluding hydrogens is 232 g/mol. The summed E-state index contributed by atoms with van der Waals surface area (Å²) in [6, 6.07) is 7.96. The van der Waals surface area contributed by atoms with Crippen LogP contribution >= 0.6 is 12.2 Å². The number of nitrogens with two attached hydrogens (primary N) is 1. The zero-order valence-corrected chi connectivity index (χ0v) is 11.0. The first-order chi connectivity index (χ1) is 8.15. The minimum Gasteiger partial charge on any atom is -0.392 e. The highest BCUT2D eigenvalue weighted by atomic mass is 32.1. The molecule has 3 N–H and O–H groups in total. The third-order valence-electron chi connectivity index (χ3n) is 2.53. The van der Waals surface area contributed by atoms with Gasteiger partial charge in [0.1, 0.15) is 0 Å². The van der Waals surface area contributed by atoms with E-state index < -0.39 is 0 Å². The van der Waals surface area contributed by atoms with Gasteiger partial charge in [-0.25, -0.2) is 0 Å². The normalized spacial score (nSPS) is 10.8. The number of rotatable bonds is 7. The maximum atomic E-state index is 8.97. The fraction of sp³-hybridized carbons (Fsp3) is 0.462. The summed E-state index contributed by atoms with van der Waals surface area (Å²) in [4.78, 5) is 2.77. The largest absolute Gasteiger partial charge is 0.392 e. The Morgan fingerprint density at radius 1 is 1.29 bits per heavy atom. The first kappa shape index (κ1) is 14.1. The average molecular weight is 252 g/mol. The molecule has 0 amide bonds. The van der Waals surface area contributed by atoms with Crippen LogP contribution < -0.4 is 5.73 Å². The summed E-state index contributed by atoms with van der Waals surface area (Å²) in [5.74, 6) is 0. The van der Waals surface area contributed by atoms with E-state index in [0.717, 1.165) is 25.1 Å². The van der Waals surface area contributed by atoms with E-state index in [9.17, 15) is 0 Å². The molecule has 0 radical (unpaired) electrons. The summed E-state index contributed by atoms with van der Waals surface area (Å²) in [6.07, 6.45) is 1.08. The SMILES string of the molecule is CCCN(CC(N)=S)Cc1ccc(CO)cc1. The number of nitrogens with zero attached hydrogens (tertiary/aromatic N) is 1. The third kappa shape index (κ3) is 5.26. The van der Waals surface area contributed by atoms with E-state index in [1.165, 1.54) is 5.56 Å². The van der Waals surface area contributed by atoms with Crippen molar-refractivity contribution in [1.29, 1.82) is 0 Å². The van der Waals surface area contributed by atoms with Crippen molar-refractivity contribution in [1.82, 2.24) is 4.90 Å². The molecule has 0 aliphatic heterocycles. The summed E-state index contributed by atoms with van der Waals surface area (Å²) in [7, 11) is 0. The van der Waals surface area contributed by atoms with Gasteiger partial charge < -0.3 is 10.8 Å². The molecule has 1 rings (SSSR count). The van der Waals surface area contributed by atoms with Crippen molar-refractivity contribution in [2.24, 2.45) is 5.73 Å². The number of aliphatic hydroxyl groups excluding tert-OH is 1. The molecule has 0 atom stereocenters. The van der Waals surface area contributed by atoms with Crippen molar-refractivity contribution in [2.75, 3.05) is 13.1 Å². The second-order valence-electron chi connectivity index (χ2n) is 4.15. The third-order valence-corrected chi connectivity index (χ3v) is 2.66. The van der Waals surface area contributed by atoms with E-state index in [-0.39, 0.29) is 6.61 Å². The first-order valence-corrected chi connectivity index (χ1v) is 6.26. The molecule has 0 aromatic heterocycles. The first-order valence-electron chi connectivity index (χ1n) is 5.85. The molecule has 0 spiro atoms. The lowest BCUT2D eigenvalue weighted by Crippen LogP contribution is -2.32. The van der Waals surface area contributed by atoms with E-state index in [0.29, 0.717) is 11.5 Å². The molecule has 94 valence electrons. The van der Waals surface area contributed by atoms with E-state index in [4.69, 9.17) is 23.1 Å². The molecule has 0 unspecified atom stereocenters. The van der Waals surface area contributed by atoms with Gasteiger partial charge >= 0.3 is 0 Å². The fourth-order valence-corrected chi connectivity index (χ4v) is 1.94. The van der Waals surface area contributed by atoms with Crippen LogP contribution in [0.3, 0.4) is 0 Å². The van der Waals surface area contributed by atoms with Gasteiger partial charge in [0.15, 0.2) is 0 Å². The predicted molar refractivity (Wildman–Crippen MR) is 74.7 cm³/mol. The molecule has 0 heterocycles. The van der Waals surface area contributed by atoms with E-state index in [1.54, 1.807) is 0 Å². The molecule has 3 nitrogen and oxygen atoms in total. The van der Waals surface area contributed by atoms with Gasteiger partial charge in [0, 0.05) is 13.1 Å². The molecule has 0 saturated carbocycles. The van der Waals surface area contributed by atoms with Gasteiger partial charge in [0.05, 0.1) is 11.6 Å². The summed E-state index contributed by atoms with van der Waals surface area (Å²) >= 11 is 4.94. The maximum absolute atomic E-state index is 8.97. The standard InChI is InChI=1S/C13H20N2OS/c1-2-7-15(9-13(14)17)8-11-3-5-12(10-16)6-4-11/h3-6,16H,2,7-10H2,1H3,(H2,14,17). The van der Waals surface area contributed by atoms with Crippen LogP contribution in [0.1, 0.15) is 24.5 Å². The Bertz CT molecular complexity index is 351. The van der Waals surface area contributed by atoms with E-state index in [1.807, 2.05) is 24.3 Å². The molecule has 0 fully saturated rings. The monoisotopic (exact) mass is 252 g/mol. The predicted octanol–water partition coefficient (Wildman–Crippen LogP) is 1.68. The van der Waals surface area contributed by atoms with Crippen LogP contribution in [-0.4, -0.2) is 28.1 Å². The lowest BCUT2D eigenvalue weighted by molar-refractivity contribution is 0.281. The summed E-state index contributed by atoms with van der Waals surface area (Å²) in [6.45, 7) is 4.72. The van der Waals surface area contributed by atoms with Crippen molar-refractivity contribution in [2.45, 2.75) is 26.5 Å². The number of benzene rings is 1. The van der Waals surface area contributed by atoms with Gasteiger partial charge in [-0.15, -0.1) is 0 Å². The molecule has 1 aromatic rings. The van der Waals surface area contributed by atoms with Gasteiger partial charge in [-0.05, 0) is 24.1 Å². The fourth-order valence-electron chi connectivity index (χ4n) is 1.76. The van der Waals surface area contributed by atoms with Crippen LogP contribution in [0.5, 0.6) is 0 Å². The molecule has 0 aliphatic carbocycles. The number of aliphatic hydroxyl groups is 1. The summed E-state index contributed by atoms with van der Waals surface area (Å²) in [5.41, 5.74) is 7.73. The molecule has 1 aromatic carbocycles. The Kier molecular flexibility index (Phi) is 6.11. The van der Waals surface area contributed by atoms with Crippen molar-refractivity contribution >= 4 is 17.2 Å². The zero-order chi connectivity index (χ0) is 12.7. The Morgan fingerprint density at radius 3 is 2.35 bits per heavy atom. The zero-order valence-electron chi connectivity index (χ0n) is 10.2. The van der Waals surface area contributed by atoms with Crippen LogP contribution in [0, 0.1) is 0 Å². The topological polar surface area (TPSA) is 49.5 Å². The minimum atomic E-state index is 0.0891. The van der Waals surface area contributed by atoms with Crippen LogP contribution in [0.4, 0.5) is 0 Å². The molecule has 0 saturated heterocycles. The summed E-state index contributed by atoms with van der Waals surface area (Å²) < 4.78 is 0. The summed E-state index contributed by atoms with van der Waals surface area (Å²) in [5, 5.41) is 8.97. The van der Waals surface area contributed by atoms with Crippen LogP contribution in [0.2, 0.25) is 0 Å². The van der Waals surface area contributed by atoms with E-state index >= 15 is 0 Å². The van der Waals surface area contributed by atoms with Crippen LogP contribution in [0.25, 0.3) is 0 Å². The molecule has 0 aliphatic rings. The molecule has 17 heavy (non-hydrogen) atoms. The highest BCUT2D eigenvalue weighted by molar-refractivity contribution is 7.80. The Hall–Kier alpha value is -0.970. The van der Waals surface area contributed by atoms with Crippen molar-refractivity contribution in [3.63, 3.8) is 0 Å². The second-order valence-corrected chi connectivity index (χ2v) is 4.68. The van der Waals surface area contributed by atoms with Crippen LogP contribution in [-0.2, 0) is 13.2 Å². The van der Waals surface area contributed by atoms with E-state index in [2.05, 4.69) is 11.8 Å². The Labute approximate surface area is 108 Å². The minimum absolute atomic E-state index is 0.0891. The lowest BCUT2D eigenvalue weighted by atomic mass is 10.1. The number of thiocarbonyl (C=S) groups is 1. The number of hydrogen-bond acceptors (Lipinski definition) is 3. The van der Waals surface area contributed by atoms with Gasteiger partial charge in [-0.1, -0.05) is 43.4 Å². The molecule has 0 bridgehead atoms. The van der Waals surface area contributed by atoms with Gasteiger partial charge in [-0.3, -0.25) is 4.90 Å². The van der Waals surface area contributed by atoms with Crippen LogP contribution in [0.15, 0.2) is 24.3 Å². The quantitative estimate of drug-likeness (QED) is 0.725. The van der Waals surface area contributed by atoms with Gasteiger partial charge in [-0.2, -0.15) is 0 Å². The highest BCUT2D eigenvalue weighted by Crippen LogP contribution is 2.08. The Morgan fingerprint density at radius 2 is 1.88 bits per heavy atom. The van der Waals surface area contributed by atoms with Gasteiger partial charge in [0.25, 0.3) is 0 Å². The van der Waals surface area contributed by atoms with Crippen molar-refractivity contribution in [3.05, 3.63) is 35.4 Å². The lowest BCUT2D eigenvalue weighted by Gasteiger charge is -2.21. The van der Waals surface area contributed by atoms with Crippen molar-refractivity contribution in [3.8, 4) is 0 Å². The van der Waals surface area contributed by atoms with Crippen molar-refractivity contribution < 1.29 is 5.11 Å². The second kappa shape index (κ2) is 7.37. The Balaban J connectivity index is 2.61. The smallest absolute Gasteiger partial charge is 0.0870 e. The molecule has 4 heteroatoms. The average Bonchev–Trinajstić information content (AvgIpc) is 2.29. The van der Waals surface area contributed by atoms with Gasteiger partial charge in [0.2, 0.25) is 0 Å².